The van der Waals surface area contributed by atoms with Crippen molar-refractivity contribution in [2.75, 3.05) is 11.9 Å². The molecule has 8 nitrogen and oxygen atoms in total. The number of carbonyl (C=O) groups excluding carboxylic acids is 2. The van der Waals surface area contributed by atoms with Crippen LogP contribution in [0.25, 0.3) is 0 Å². The topological polar surface area (TPSA) is 103 Å². The Morgan fingerprint density at radius 1 is 1.33 bits per heavy atom. The van der Waals surface area contributed by atoms with Gasteiger partial charge in [0, 0.05) is 34.3 Å². The number of rotatable bonds is 5. The zero-order valence-electron chi connectivity index (χ0n) is 12.3. The molecule has 0 radical (unpaired) electrons. The molecule has 24 heavy (non-hydrogen) atoms. The van der Waals surface area contributed by atoms with Gasteiger partial charge in [0.1, 0.15) is 5.69 Å². The lowest BCUT2D eigenvalue weighted by molar-refractivity contribution is -0.385. The number of hydrogen-bond donors (Lipinski definition) is 1. The van der Waals surface area contributed by atoms with Crippen LogP contribution in [0.2, 0.25) is 0 Å². The molecule has 0 aliphatic heterocycles. The molecular formula is C14H11Br2N3O5. The second-order valence-electron chi connectivity index (χ2n) is 4.67. The Kier molecular flexibility index (Phi) is 5.73. The normalized spacial score (nSPS) is 10.3. The van der Waals surface area contributed by atoms with Crippen LogP contribution in [0.15, 0.2) is 39.4 Å². The third-order valence-corrected chi connectivity index (χ3v) is 4.24. The summed E-state index contributed by atoms with van der Waals surface area (Å²) in [4.78, 5) is 34.0. The van der Waals surface area contributed by atoms with Crippen molar-refractivity contribution in [3.63, 3.8) is 0 Å². The predicted molar refractivity (Wildman–Crippen MR) is 92.8 cm³/mol. The van der Waals surface area contributed by atoms with Crippen LogP contribution in [-0.4, -0.2) is 28.0 Å². The third-order valence-electron chi connectivity index (χ3n) is 2.99. The molecule has 0 unspecified atom stereocenters. The number of anilines is 1. The lowest BCUT2D eigenvalue weighted by Gasteiger charge is -2.10. The molecule has 1 aromatic carbocycles. The fourth-order valence-electron chi connectivity index (χ4n) is 1.84. The molecule has 2 rings (SSSR count). The first-order valence-corrected chi connectivity index (χ1v) is 8.10. The zero-order valence-corrected chi connectivity index (χ0v) is 15.5. The fraction of sp³-hybridized carbons (Fsp3) is 0.143. The number of halogens is 2. The van der Waals surface area contributed by atoms with Gasteiger partial charge in [-0.15, -0.1) is 0 Å². The average Bonchev–Trinajstić information content (AvgIpc) is 2.94. The van der Waals surface area contributed by atoms with Crippen molar-refractivity contribution in [1.29, 1.82) is 0 Å². The van der Waals surface area contributed by atoms with E-state index >= 15 is 0 Å². The predicted octanol–water partition coefficient (Wildman–Crippen LogP) is 3.25. The van der Waals surface area contributed by atoms with Crippen LogP contribution in [0, 0.1) is 10.1 Å². The SMILES string of the molecule is Cn1cccc1C(=O)OCC(=O)Nc1c(Br)cc([N+](=O)[O-])cc1Br. The summed E-state index contributed by atoms with van der Waals surface area (Å²) in [6.07, 6.45) is 1.68. The van der Waals surface area contributed by atoms with Crippen molar-refractivity contribution in [3.8, 4) is 0 Å². The first kappa shape index (κ1) is 18.1. The number of esters is 1. The Bertz CT molecular complexity index is 795. The Balaban J connectivity index is 2.01. The molecule has 0 spiro atoms. The number of benzene rings is 1. The van der Waals surface area contributed by atoms with Gasteiger partial charge < -0.3 is 14.6 Å². The molecule has 0 atom stereocenters. The summed E-state index contributed by atoms with van der Waals surface area (Å²) < 4.78 is 7.15. The fourth-order valence-corrected chi connectivity index (χ4v) is 3.20. The van der Waals surface area contributed by atoms with Crippen LogP contribution < -0.4 is 5.32 Å². The van der Waals surface area contributed by atoms with Crippen LogP contribution in [0.4, 0.5) is 11.4 Å². The Hall–Kier alpha value is -2.20. The van der Waals surface area contributed by atoms with Crippen LogP contribution in [0.3, 0.4) is 0 Å². The van der Waals surface area contributed by atoms with E-state index in [0.29, 0.717) is 20.3 Å². The van der Waals surface area contributed by atoms with Gasteiger partial charge in [-0.25, -0.2) is 4.79 Å². The maximum absolute atomic E-state index is 11.9. The van der Waals surface area contributed by atoms with Gasteiger partial charge in [-0.3, -0.25) is 14.9 Å². The van der Waals surface area contributed by atoms with Crippen molar-refractivity contribution in [2.24, 2.45) is 7.05 Å². The van der Waals surface area contributed by atoms with E-state index in [1.54, 1.807) is 29.9 Å². The third kappa shape index (κ3) is 4.20. The molecule has 0 saturated carbocycles. The van der Waals surface area contributed by atoms with Gasteiger partial charge in [0.25, 0.3) is 11.6 Å². The molecule has 1 N–H and O–H groups in total. The van der Waals surface area contributed by atoms with Gasteiger partial charge in [0.05, 0.1) is 10.6 Å². The molecule has 1 aromatic heterocycles. The minimum Gasteiger partial charge on any atom is -0.451 e. The monoisotopic (exact) mass is 459 g/mol. The number of amides is 1. The second-order valence-corrected chi connectivity index (χ2v) is 6.38. The van der Waals surface area contributed by atoms with Gasteiger partial charge in [0.15, 0.2) is 6.61 Å². The number of nitro groups is 1. The first-order valence-electron chi connectivity index (χ1n) is 6.51. The number of nitrogens with one attached hydrogen (secondary N) is 1. The van der Waals surface area contributed by atoms with Gasteiger partial charge in [-0.2, -0.15) is 0 Å². The Labute approximate surface area is 153 Å². The minimum atomic E-state index is -0.625. The lowest BCUT2D eigenvalue weighted by atomic mass is 10.3. The van der Waals surface area contributed by atoms with E-state index in [2.05, 4.69) is 37.2 Å². The van der Waals surface area contributed by atoms with E-state index in [9.17, 15) is 19.7 Å². The number of nitrogens with zero attached hydrogens (tertiary/aromatic N) is 2. The van der Waals surface area contributed by atoms with E-state index in [1.807, 2.05) is 0 Å². The smallest absolute Gasteiger partial charge is 0.355 e. The molecule has 126 valence electrons. The Morgan fingerprint density at radius 2 is 1.96 bits per heavy atom. The van der Waals surface area contributed by atoms with Gasteiger partial charge in [-0.1, -0.05) is 0 Å². The van der Waals surface area contributed by atoms with Crippen LogP contribution >= 0.6 is 31.9 Å². The van der Waals surface area contributed by atoms with E-state index in [4.69, 9.17) is 4.74 Å². The highest BCUT2D eigenvalue weighted by atomic mass is 79.9. The highest BCUT2D eigenvalue weighted by Crippen LogP contribution is 2.35. The standard InChI is InChI=1S/C14H11Br2N3O5/c1-18-4-2-3-11(18)14(21)24-7-12(20)17-13-9(15)5-8(19(22)23)6-10(13)16/h2-6H,7H2,1H3,(H,17,20). The van der Waals surface area contributed by atoms with Crippen LogP contribution in [0.5, 0.6) is 0 Å². The van der Waals surface area contributed by atoms with Crippen LogP contribution in [-0.2, 0) is 16.6 Å². The molecule has 0 aliphatic carbocycles. The molecule has 2 aromatic rings. The summed E-state index contributed by atoms with van der Waals surface area (Å²) in [6, 6.07) is 5.78. The molecule has 0 aliphatic rings. The highest BCUT2D eigenvalue weighted by molar-refractivity contribution is 9.11. The van der Waals surface area contributed by atoms with Crippen molar-refractivity contribution >= 4 is 55.1 Å². The number of aromatic nitrogens is 1. The quantitative estimate of drug-likeness (QED) is 0.419. The van der Waals surface area contributed by atoms with Crippen molar-refractivity contribution in [3.05, 3.63) is 55.2 Å². The number of ether oxygens (including phenoxy) is 1. The van der Waals surface area contributed by atoms with Crippen molar-refractivity contribution in [2.45, 2.75) is 0 Å². The summed E-state index contributed by atoms with van der Waals surface area (Å²) in [5.74, 6) is -1.20. The second kappa shape index (κ2) is 7.58. The largest absolute Gasteiger partial charge is 0.451 e. The van der Waals surface area contributed by atoms with Gasteiger partial charge >= 0.3 is 5.97 Å². The van der Waals surface area contributed by atoms with Gasteiger partial charge in [0.2, 0.25) is 0 Å². The maximum Gasteiger partial charge on any atom is 0.355 e. The molecular weight excluding hydrogens is 450 g/mol. The summed E-state index contributed by atoms with van der Waals surface area (Å²) in [7, 11) is 1.68. The number of hydrogen-bond acceptors (Lipinski definition) is 5. The summed E-state index contributed by atoms with van der Waals surface area (Å²) in [5.41, 5.74) is 0.489. The van der Waals surface area contributed by atoms with E-state index in [-0.39, 0.29) is 5.69 Å². The van der Waals surface area contributed by atoms with E-state index < -0.39 is 23.4 Å². The summed E-state index contributed by atoms with van der Waals surface area (Å²) in [6.45, 7) is -0.486. The van der Waals surface area contributed by atoms with E-state index in [1.165, 1.54) is 12.1 Å². The molecule has 0 saturated heterocycles. The molecule has 1 heterocycles. The molecule has 1 amide bonds. The van der Waals surface area contributed by atoms with Crippen molar-refractivity contribution < 1.29 is 19.2 Å². The number of non-ortho nitro benzene ring substituents is 1. The van der Waals surface area contributed by atoms with Crippen LogP contribution in [0.1, 0.15) is 10.5 Å². The highest BCUT2D eigenvalue weighted by Gasteiger charge is 2.17. The molecule has 0 fully saturated rings. The lowest BCUT2D eigenvalue weighted by Crippen LogP contribution is -2.22. The zero-order chi connectivity index (χ0) is 17.9. The molecule has 10 heteroatoms. The molecule has 0 bridgehead atoms. The minimum absolute atomic E-state index is 0.137. The number of nitro benzene ring substituents is 1. The number of carbonyl (C=O) groups is 2. The van der Waals surface area contributed by atoms with Crippen molar-refractivity contribution in [1.82, 2.24) is 4.57 Å². The number of aryl methyl sites for hydroxylation is 1. The van der Waals surface area contributed by atoms with E-state index in [0.717, 1.165) is 0 Å². The van der Waals surface area contributed by atoms with Gasteiger partial charge in [-0.05, 0) is 44.0 Å². The first-order chi connectivity index (χ1) is 11.3. The maximum atomic E-state index is 11.9. The summed E-state index contributed by atoms with van der Waals surface area (Å²) >= 11 is 6.31. The average molecular weight is 461 g/mol. The Morgan fingerprint density at radius 3 is 2.46 bits per heavy atom. The summed E-state index contributed by atoms with van der Waals surface area (Å²) in [5, 5.41) is 13.3.